The summed E-state index contributed by atoms with van der Waals surface area (Å²) >= 11 is 0. The summed E-state index contributed by atoms with van der Waals surface area (Å²) in [6.07, 6.45) is 2.24. The number of ether oxygens (including phenoxy) is 1. The minimum absolute atomic E-state index is 0.0118. The fraction of sp³-hybridized carbons (Fsp3) is 0.636. The van der Waals surface area contributed by atoms with E-state index in [0.29, 0.717) is 19.7 Å². The normalized spacial score (nSPS) is 21.8. The third-order valence-electron chi connectivity index (χ3n) is 6.15. The first kappa shape index (κ1) is 20.8. The Morgan fingerprint density at radius 2 is 1.89 bits per heavy atom. The van der Waals surface area contributed by atoms with E-state index in [-0.39, 0.29) is 29.6 Å². The maximum Gasteiger partial charge on any atom is 0.227 e. The molecule has 0 aliphatic carbocycles. The minimum atomic E-state index is -0.297. The number of hydrogen-bond acceptors (Lipinski definition) is 4. The summed E-state index contributed by atoms with van der Waals surface area (Å²) in [6, 6.07) is 4.18. The number of benzene rings is 1. The van der Waals surface area contributed by atoms with Crippen LogP contribution in [-0.2, 0) is 14.3 Å². The zero-order valence-corrected chi connectivity index (χ0v) is 17.6. The fourth-order valence-electron chi connectivity index (χ4n) is 4.75. The zero-order chi connectivity index (χ0) is 20.3. The average molecular weight is 388 g/mol. The summed E-state index contributed by atoms with van der Waals surface area (Å²) in [7, 11) is 1.71. The first-order chi connectivity index (χ1) is 13.3. The highest BCUT2D eigenvalue weighted by molar-refractivity contribution is 6.01. The molecule has 0 bridgehead atoms. The van der Waals surface area contributed by atoms with Crippen LogP contribution in [0.15, 0.2) is 12.1 Å². The van der Waals surface area contributed by atoms with E-state index in [9.17, 15) is 9.59 Å². The van der Waals surface area contributed by atoms with Crippen molar-refractivity contribution in [2.75, 3.05) is 44.8 Å². The third kappa shape index (κ3) is 4.39. The molecule has 3 rings (SSSR count). The second kappa shape index (κ2) is 8.62. The molecule has 2 amide bonds. The molecule has 2 aliphatic heterocycles. The van der Waals surface area contributed by atoms with E-state index in [1.54, 1.807) is 12.0 Å². The molecule has 154 valence electrons. The highest BCUT2D eigenvalue weighted by atomic mass is 16.5. The van der Waals surface area contributed by atoms with Gasteiger partial charge in [-0.3, -0.25) is 9.59 Å². The molecule has 2 heterocycles. The Morgan fingerprint density at radius 1 is 1.25 bits per heavy atom. The molecule has 28 heavy (non-hydrogen) atoms. The molecule has 1 aromatic rings. The number of methoxy groups -OCH3 is 1. The lowest BCUT2D eigenvalue weighted by atomic mass is 9.79. The van der Waals surface area contributed by atoms with E-state index in [2.05, 4.69) is 29.7 Å². The predicted octanol–water partition coefficient (Wildman–Crippen LogP) is 2.10. The van der Waals surface area contributed by atoms with Crippen molar-refractivity contribution in [3.63, 3.8) is 0 Å². The highest BCUT2D eigenvalue weighted by Crippen LogP contribution is 2.32. The SMILES string of the molecule is COCC1(CNC(=O)C2CC(=O)N(c3c(C)cc(C)cc3C)C2)CCNCC1. The second-order valence-corrected chi connectivity index (χ2v) is 8.55. The van der Waals surface area contributed by atoms with Crippen LogP contribution in [0, 0.1) is 32.1 Å². The van der Waals surface area contributed by atoms with Gasteiger partial charge in [-0.1, -0.05) is 17.7 Å². The molecule has 1 unspecified atom stereocenters. The van der Waals surface area contributed by atoms with Gasteiger partial charge in [0, 0.05) is 37.7 Å². The molecular weight excluding hydrogens is 354 g/mol. The van der Waals surface area contributed by atoms with Crippen LogP contribution < -0.4 is 15.5 Å². The standard InChI is InChI=1S/C22H33N3O3/c1-15-9-16(2)20(17(3)10-15)25-12-18(11-19(25)26)21(27)24-13-22(14-28-4)5-7-23-8-6-22/h9-10,18,23H,5-8,11-14H2,1-4H3,(H,24,27). The van der Waals surface area contributed by atoms with Crippen LogP contribution in [0.3, 0.4) is 0 Å². The van der Waals surface area contributed by atoms with Crippen molar-refractivity contribution >= 4 is 17.5 Å². The van der Waals surface area contributed by atoms with Crippen molar-refractivity contribution in [1.29, 1.82) is 0 Å². The monoisotopic (exact) mass is 387 g/mol. The summed E-state index contributed by atoms with van der Waals surface area (Å²) in [5.41, 5.74) is 4.30. The summed E-state index contributed by atoms with van der Waals surface area (Å²) in [5, 5.41) is 6.49. The van der Waals surface area contributed by atoms with Crippen molar-refractivity contribution in [3.05, 3.63) is 28.8 Å². The number of piperidine rings is 1. The second-order valence-electron chi connectivity index (χ2n) is 8.55. The van der Waals surface area contributed by atoms with E-state index >= 15 is 0 Å². The van der Waals surface area contributed by atoms with Gasteiger partial charge in [0.05, 0.1) is 12.5 Å². The van der Waals surface area contributed by atoms with Crippen molar-refractivity contribution in [3.8, 4) is 0 Å². The van der Waals surface area contributed by atoms with Crippen LogP contribution in [0.2, 0.25) is 0 Å². The van der Waals surface area contributed by atoms with E-state index in [1.165, 1.54) is 5.56 Å². The maximum absolute atomic E-state index is 12.8. The van der Waals surface area contributed by atoms with Gasteiger partial charge in [0.15, 0.2) is 0 Å². The summed E-state index contributed by atoms with van der Waals surface area (Å²) < 4.78 is 5.43. The molecule has 6 heteroatoms. The fourth-order valence-corrected chi connectivity index (χ4v) is 4.75. The van der Waals surface area contributed by atoms with Gasteiger partial charge in [-0.15, -0.1) is 0 Å². The number of aryl methyl sites for hydroxylation is 3. The number of amides is 2. The predicted molar refractivity (Wildman–Crippen MR) is 111 cm³/mol. The number of anilines is 1. The van der Waals surface area contributed by atoms with Gasteiger partial charge in [0.25, 0.3) is 0 Å². The molecule has 0 saturated carbocycles. The Balaban J connectivity index is 1.65. The van der Waals surface area contributed by atoms with Gasteiger partial charge in [-0.25, -0.2) is 0 Å². The Hall–Kier alpha value is -1.92. The minimum Gasteiger partial charge on any atom is -0.384 e. The van der Waals surface area contributed by atoms with Crippen LogP contribution in [0.4, 0.5) is 5.69 Å². The number of carbonyl (C=O) groups is 2. The highest BCUT2D eigenvalue weighted by Gasteiger charge is 2.38. The zero-order valence-electron chi connectivity index (χ0n) is 17.6. The summed E-state index contributed by atoms with van der Waals surface area (Å²) in [4.78, 5) is 27.3. The van der Waals surface area contributed by atoms with E-state index in [4.69, 9.17) is 4.74 Å². The smallest absolute Gasteiger partial charge is 0.227 e. The Bertz CT molecular complexity index is 712. The van der Waals surface area contributed by atoms with Gasteiger partial charge in [0.2, 0.25) is 11.8 Å². The summed E-state index contributed by atoms with van der Waals surface area (Å²) in [5.74, 6) is -0.287. The largest absolute Gasteiger partial charge is 0.384 e. The van der Waals surface area contributed by atoms with Crippen molar-refractivity contribution < 1.29 is 14.3 Å². The number of nitrogens with zero attached hydrogens (tertiary/aromatic N) is 1. The molecule has 6 nitrogen and oxygen atoms in total. The van der Waals surface area contributed by atoms with E-state index < -0.39 is 0 Å². The average Bonchev–Trinajstić information content (AvgIpc) is 3.02. The van der Waals surface area contributed by atoms with Gasteiger partial charge >= 0.3 is 0 Å². The van der Waals surface area contributed by atoms with Crippen LogP contribution in [-0.4, -0.2) is 51.7 Å². The quantitative estimate of drug-likeness (QED) is 0.784. The van der Waals surface area contributed by atoms with Gasteiger partial charge in [-0.2, -0.15) is 0 Å². The lowest BCUT2D eigenvalue weighted by molar-refractivity contribution is -0.127. The topological polar surface area (TPSA) is 70.7 Å². The van der Waals surface area contributed by atoms with Crippen LogP contribution in [0.1, 0.15) is 36.0 Å². The number of carbonyl (C=O) groups excluding carboxylic acids is 2. The number of nitrogens with one attached hydrogen (secondary N) is 2. The van der Waals surface area contributed by atoms with Crippen molar-refractivity contribution in [2.24, 2.45) is 11.3 Å². The maximum atomic E-state index is 12.8. The van der Waals surface area contributed by atoms with Crippen LogP contribution >= 0.6 is 0 Å². The van der Waals surface area contributed by atoms with Gasteiger partial charge in [-0.05, 0) is 57.8 Å². The molecule has 2 saturated heterocycles. The molecule has 2 N–H and O–H groups in total. The molecule has 0 spiro atoms. The third-order valence-corrected chi connectivity index (χ3v) is 6.15. The first-order valence-electron chi connectivity index (χ1n) is 10.2. The number of rotatable bonds is 6. The Morgan fingerprint density at radius 3 is 2.50 bits per heavy atom. The molecule has 0 aromatic heterocycles. The Labute approximate surface area is 168 Å². The molecule has 1 aromatic carbocycles. The van der Waals surface area contributed by atoms with E-state index in [0.717, 1.165) is 42.7 Å². The number of hydrogen-bond donors (Lipinski definition) is 2. The molecule has 0 radical (unpaired) electrons. The molecule has 1 atom stereocenters. The lowest BCUT2D eigenvalue weighted by Crippen LogP contribution is -2.48. The van der Waals surface area contributed by atoms with Crippen molar-refractivity contribution in [1.82, 2.24) is 10.6 Å². The molecule has 2 aliphatic rings. The van der Waals surface area contributed by atoms with Gasteiger partial charge in [0.1, 0.15) is 0 Å². The lowest BCUT2D eigenvalue weighted by Gasteiger charge is -2.37. The van der Waals surface area contributed by atoms with E-state index in [1.807, 2.05) is 13.8 Å². The van der Waals surface area contributed by atoms with Crippen LogP contribution in [0.5, 0.6) is 0 Å². The van der Waals surface area contributed by atoms with Gasteiger partial charge < -0.3 is 20.3 Å². The van der Waals surface area contributed by atoms with Crippen LogP contribution in [0.25, 0.3) is 0 Å². The molecule has 2 fully saturated rings. The Kier molecular flexibility index (Phi) is 6.40. The summed E-state index contributed by atoms with van der Waals surface area (Å²) in [6.45, 7) is 9.71. The molecular formula is C22H33N3O3. The van der Waals surface area contributed by atoms with Crippen molar-refractivity contribution in [2.45, 2.75) is 40.0 Å². The first-order valence-corrected chi connectivity index (χ1v) is 10.2.